The Morgan fingerprint density at radius 2 is 1.92 bits per heavy atom. The van der Waals surface area contributed by atoms with Gasteiger partial charge in [-0.05, 0) is 39.5 Å². The molecule has 74 valence electrons. The second-order valence-corrected chi connectivity index (χ2v) is 4.47. The molecule has 2 rings (SSSR count). The first-order valence-corrected chi connectivity index (χ1v) is 5.06. The highest BCUT2D eigenvalue weighted by molar-refractivity contribution is 5.87. The summed E-state index contributed by atoms with van der Waals surface area (Å²) in [5.41, 5.74) is -1.50. The van der Waals surface area contributed by atoms with E-state index >= 15 is 0 Å². The molecule has 0 spiro atoms. The van der Waals surface area contributed by atoms with Crippen LogP contribution >= 0.6 is 0 Å². The lowest BCUT2D eigenvalue weighted by Gasteiger charge is -2.49. The summed E-state index contributed by atoms with van der Waals surface area (Å²) in [6.45, 7) is 3.97. The molecule has 0 aromatic carbocycles. The number of carbonyl (C=O) groups excluding carboxylic acids is 1. The zero-order valence-corrected chi connectivity index (χ0v) is 8.22. The van der Waals surface area contributed by atoms with E-state index in [-0.39, 0.29) is 18.0 Å². The molecule has 0 aromatic heterocycles. The van der Waals surface area contributed by atoms with Crippen molar-refractivity contribution in [2.45, 2.75) is 57.3 Å². The van der Waals surface area contributed by atoms with Gasteiger partial charge in [-0.3, -0.25) is 4.79 Å². The number of amides is 1. The standard InChI is InChI=1S/C10H16FNO/c1-7-6-8(2)12(7)9(13)10(11)4-3-5-10/h7-8H,3-6H2,1-2H3. The molecule has 1 aliphatic heterocycles. The minimum atomic E-state index is -1.50. The molecule has 0 bridgehead atoms. The Morgan fingerprint density at radius 1 is 1.38 bits per heavy atom. The molecule has 1 aliphatic carbocycles. The van der Waals surface area contributed by atoms with Crippen molar-refractivity contribution in [3.63, 3.8) is 0 Å². The molecule has 2 atom stereocenters. The molecule has 2 aliphatic rings. The van der Waals surface area contributed by atoms with Gasteiger partial charge in [-0.25, -0.2) is 4.39 Å². The number of nitrogens with zero attached hydrogens (tertiary/aromatic N) is 1. The van der Waals surface area contributed by atoms with Gasteiger partial charge in [-0.1, -0.05) is 0 Å². The smallest absolute Gasteiger partial charge is 0.260 e. The minimum Gasteiger partial charge on any atom is -0.334 e. The van der Waals surface area contributed by atoms with Crippen molar-refractivity contribution in [2.75, 3.05) is 0 Å². The Hall–Kier alpha value is -0.600. The Labute approximate surface area is 78.1 Å². The summed E-state index contributed by atoms with van der Waals surface area (Å²) in [7, 11) is 0. The van der Waals surface area contributed by atoms with Gasteiger partial charge in [0.25, 0.3) is 5.91 Å². The van der Waals surface area contributed by atoms with Crippen molar-refractivity contribution < 1.29 is 9.18 Å². The van der Waals surface area contributed by atoms with Crippen LogP contribution in [0.15, 0.2) is 0 Å². The number of hydrogen-bond donors (Lipinski definition) is 0. The van der Waals surface area contributed by atoms with Crippen LogP contribution in [-0.2, 0) is 4.79 Å². The van der Waals surface area contributed by atoms with E-state index in [0.717, 1.165) is 12.8 Å². The van der Waals surface area contributed by atoms with Gasteiger partial charge in [0.05, 0.1) is 0 Å². The van der Waals surface area contributed by atoms with E-state index in [9.17, 15) is 9.18 Å². The molecule has 1 saturated carbocycles. The molecule has 3 heteroatoms. The molecule has 1 saturated heterocycles. The normalized spacial score (nSPS) is 36.4. The maximum absolute atomic E-state index is 13.7. The average Bonchev–Trinajstić information content (AvgIpc) is 1.99. The second-order valence-electron chi connectivity index (χ2n) is 4.47. The zero-order chi connectivity index (χ0) is 9.64. The van der Waals surface area contributed by atoms with Gasteiger partial charge >= 0.3 is 0 Å². The quantitative estimate of drug-likeness (QED) is 0.611. The lowest BCUT2D eigenvalue weighted by atomic mass is 9.79. The Morgan fingerprint density at radius 3 is 2.23 bits per heavy atom. The second kappa shape index (κ2) is 2.69. The third-order valence-electron chi connectivity index (χ3n) is 3.40. The van der Waals surface area contributed by atoms with Crippen molar-refractivity contribution in [1.82, 2.24) is 4.90 Å². The first-order chi connectivity index (χ1) is 6.04. The monoisotopic (exact) mass is 185 g/mol. The highest BCUT2D eigenvalue weighted by atomic mass is 19.1. The molecular formula is C10H16FNO. The highest BCUT2D eigenvalue weighted by Gasteiger charge is 2.51. The van der Waals surface area contributed by atoms with Crippen molar-refractivity contribution in [3.8, 4) is 0 Å². The predicted molar refractivity (Wildman–Crippen MR) is 48.1 cm³/mol. The molecule has 1 heterocycles. The first kappa shape index (κ1) is 8.97. The number of carbonyl (C=O) groups is 1. The molecule has 2 unspecified atom stereocenters. The van der Waals surface area contributed by atoms with Gasteiger partial charge in [0.15, 0.2) is 5.67 Å². The highest BCUT2D eigenvalue weighted by Crippen LogP contribution is 2.40. The van der Waals surface area contributed by atoms with Crippen LogP contribution in [0.5, 0.6) is 0 Å². The van der Waals surface area contributed by atoms with Crippen LogP contribution in [0, 0.1) is 0 Å². The average molecular weight is 185 g/mol. The minimum absolute atomic E-state index is 0.246. The fraction of sp³-hybridized carbons (Fsp3) is 0.900. The number of alkyl halides is 1. The van der Waals surface area contributed by atoms with Crippen molar-refractivity contribution >= 4 is 5.91 Å². The molecule has 0 aromatic rings. The molecule has 2 nitrogen and oxygen atoms in total. The maximum Gasteiger partial charge on any atom is 0.260 e. The van der Waals surface area contributed by atoms with E-state index in [1.54, 1.807) is 4.90 Å². The largest absolute Gasteiger partial charge is 0.334 e. The van der Waals surface area contributed by atoms with Crippen molar-refractivity contribution in [2.24, 2.45) is 0 Å². The van der Waals surface area contributed by atoms with Crippen LogP contribution in [0.1, 0.15) is 39.5 Å². The molecule has 13 heavy (non-hydrogen) atoms. The SMILES string of the molecule is CC1CC(C)N1C(=O)C1(F)CCC1. The van der Waals surface area contributed by atoms with Crippen LogP contribution < -0.4 is 0 Å². The number of hydrogen-bond acceptors (Lipinski definition) is 1. The van der Waals surface area contributed by atoms with Gasteiger partial charge in [-0.2, -0.15) is 0 Å². The molecule has 2 fully saturated rings. The van der Waals surface area contributed by atoms with E-state index < -0.39 is 5.67 Å². The zero-order valence-electron chi connectivity index (χ0n) is 8.22. The van der Waals surface area contributed by atoms with Gasteiger partial charge in [0.1, 0.15) is 0 Å². The van der Waals surface area contributed by atoms with Gasteiger partial charge < -0.3 is 4.90 Å². The summed E-state index contributed by atoms with van der Waals surface area (Å²) < 4.78 is 13.7. The van der Waals surface area contributed by atoms with Gasteiger partial charge in [0, 0.05) is 12.1 Å². The summed E-state index contributed by atoms with van der Waals surface area (Å²) in [6.07, 6.45) is 2.74. The fourth-order valence-corrected chi connectivity index (χ4v) is 2.35. The Kier molecular flexibility index (Phi) is 1.86. The van der Waals surface area contributed by atoms with Crippen LogP contribution in [0.3, 0.4) is 0 Å². The summed E-state index contributed by atoms with van der Waals surface area (Å²) in [5.74, 6) is -0.259. The van der Waals surface area contributed by atoms with Crippen LogP contribution in [0.25, 0.3) is 0 Å². The summed E-state index contributed by atoms with van der Waals surface area (Å²) >= 11 is 0. The molecular weight excluding hydrogens is 169 g/mol. The number of rotatable bonds is 1. The van der Waals surface area contributed by atoms with Crippen molar-refractivity contribution in [1.29, 1.82) is 0 Å². The number of likely N-dealkylation sites (tertiary alicyclic amines) is 1. The van der Waals surface area contributed by atoms with E-state index in [0.29, 0.717) is 12.8 Å². The fourth-order valence-electron chi connectivity index (χ4n) is 2.35. The summed E-state index contributed by atoms with van der Waals surface area (Å²) in [6, 6.07) is 0.492. The maximum atomic E-state index is 13.7. The molecule has 1 amide bonds. The number of halogens is 1. The third-order valence-corrected chi connectivity index (χ3v) is 3.40. The Balaban J connectivity index is 2.04. The van der Waals surface area contributed by atoms with Gasteiger partial charge in [0.2, 0.25) is 0 Å². The van der Waals surface area contributed by atoms with E-state index in [1.807, 2.05) is 13.8 Å². The lowest BCUT2D eigenvalue weighted by molar-refractivity contribution is -0.162. The topological polar surface area (TPSA) is 20.3 Å². The lowest BCUT2D eigenvalue weighted by Crippen LogP contribution is -2.62. The van der Waals surface area contributed by atoms with Crippen LogP contribution in [0.2, 0.25) is 0 Å². The molecule has 0 N–H and O–H groups in total. The Bertz CT molecular complexity index is 229. The van der Waals surface area contributed by atoms with E-state index in [1.165, 1.54) is 0 Å². The summed E-state index contributed by atoms with van der Waals surface area (Å²) in [4.78, 5) is 13.4. The van der Waals surface area contributed by atoms with Crippen LogP contribution in [0.4, 0.5) is 4.39 Å². The first-order valence-electron chi connectivity index (χ1n) is 5.06. The van der Waals surface area contributed by atoms with Gasteiger partial charge in [-0.15, -0.1) is 0 Å². The van der Waals surface area contributed by atoms with Crippen LogP contribution in [-0.4, -0.2) is 28.6 Å². The van der Waals surface area contributed by atoms with E-state index in [2.05, 4.69) is 0 Å². The summed E-state index contributed by atoms with van der Waals surface area (Å²) in [5, 5.41) is 0. The van der Waals surface area contributed by atoms with Crippen molar-refractivity contribution in [3.05, 3.63) is 0 Å². The predicted octanol–water partition coefficient (Wildman–Crippen LogP) is 1.89. The molecule has 0 radical (unpaired) electrons. The van der Waals surface area contributed by atoms with E-state index in [4.69, 9.17) is 0 Å². The third kappa shape index (κ3) is 1.17.